The van der Waals surface area contributed by atoms with E-state index in [2.05, 4.69) is 18.2 Å². The first-order valence-electron chi connectivity index (χ1n) is 9.73. The number of ether oxygens (including phenoxy) is 2. The highest BCUT2D eigenvalue weighted by molar-refractivity contribution is 5.91. The van der Waals surface area contributed by atoms with Crippen LogP contribution >= 0.6 is 0 Å². The Kier molecular flexibility index (Phi) is 3.42. The minimum Gasteiger partial charge on any atom is -0.447 e. The van der Waals surface area contributed by atoms with E-state index in [0.29, 0.717) is 18.4 Å². The van der Waals surface area contributed by atoms with Gasteiger partial charge in [0.15, 0.2) is 10.8 Å². The summed E-state index contributed by atoms with van der Waals surface area (Å²) in [6.45, 7) is 0. The van der Waals surface area contributed by atoms with Gasteiger partial charge in [0, 0.05) is 36.1 Å². The van der Waals surface area contributed by atoms with Crippen molar-refractivity contribution in [3.8, 4) is 18.2 Å². The zero-order valence-corrected chi connectivity index (χ0v) is 16.0. The van der Waals surface area contributed by atoms with Gasteiger partial charge in [-0.1, -0.05) is 24.6 Å². The van der Waals surface area contributed by atoms with Crippen molar-refractivity contribution in [3.63, 3.8) is 0 Å². The maximum atomic E-state index is 10.4. The predicted molar refractivity (Wildman–Crippen MR) is 102 cm³/mol. The van der Waals surface area contributed by atoms with Gasteiger partial charge in [0.1, 0.15) is 6.10 Å². The number of nitrogens with one attached hydrogen (secondary N) is 1. The lowest BCUT2D eigenvalue weighted by Gasteiger charge is -2.63. The molecule has 1 spiro atoms. The molecule has 4 aliphatic rings. The van der Waals surface area contributed by atoms with Crippen molar-refractivity contribution in [2.24, 2.45) is 23.8 Å². The number of nitriles is 3. The van der Waals surface area contributed by atoms with Gasteiger partial charge >= 0.3 is 0 Å². The molecule has 144 valence electrons. The van der Waals surface area contributed by atoms with Crippen LogP contribution in [0.25, 0.3) is 10.9 Å². The normalized spacial score (nSPS) is 34.5. The van der Waals surface area contributed by atoms with Gasteiger partial charge in [0.25, 0.3) is 0 Å². The molecular weight excluding hydrogens is 366 g/mol. The molecule has 4 heterocycles. The summed E-state index contributed by atoms with van der Waals surface area (Å²) in [4.78, 5) is 0. The zero-order chi connectivity index (χ0) is 20.4. The second-order valence-corrected chi connectivity index (χ2v) is 8.20. The van der Waals surface area contributed by atoms with Crippen molar-refractivity contribution in [2.45, 2.75) is 37.6 Å². The molecule has 1 aromatic heterocycles. The summed E-state index contributed by atoms with van der Waals surface area (Å²) in [5.41, 5.74) is -1.89. The number of aromatic nitrogens is 1. The summed E-state index contributed by atoms with van der Waals surface area (Å²) in [6, 6.07) is 14.2. The molecule has 1 aromatic carbocycles. The monoisotopic (exact) mass is 385 g/mol. The fourth-order valence-electron chi connectivity index (χ4n) is 5.70. The molecule has 29 heavy (non-hydrogen) atoms. The van der Waals surface area contributed by atoms with Gasteiger partial charge in [-0.05, 0) is 18.9 Å². The number of hydrogen-bond acceptors (Lipinski definition) is 6. The van der Waals surface area contributed by atoms with Crippen molar-refractivity contribution < 1.29 is 9.47 Å². The molecule has 1 N–H and O–H groups in total. The summed E-state index contributed by atoms with van der Waals surface area (Å²) >= 11 is 0. The fraction of sp³-hybridized carbons (Fsp3) is 0.455. The molecule has 0 amide bonds. The molecule has 3 saturated heterocycles. The van der Waals surface area contributed by atoms with Gasteiger partial charge in [-0.25, -0.2) is 0 Å². The van der Waals surface area contributed by atoms with E-state index >= 15 is 0 Å². The Morgan fingerprint density at radius 1 is 1.14 bits per heavy atom. The molecule has 2 bridgehead atoms. The van der Waals surface area contributed by atoms with Crippen LogP contribution in [-0.2, 0) is 16.5 Å². The minimum absolute atomic E-state index is 0.328. The zero-order valence-electron chi connectivity index (χ0n) is 16.0. The van der Waals surface area contributed by atoms with Crippen LogP contribution in [-0.4, -0.2) is 16.3 Å². The standard InChI is InChI=1S/C22H19N5O2/c1-27-10-15(14-6-2-3-7-16(14)27)18-21(13-25)19(26)29-22(28-18)9-5-4-8-17(22)20(21,11-23)12-24/h2-3,6-7,10,17-18,26H,4-5,8-9H2,1H3/t17-,18-,21-,22-/m1/s1. The average Bonchev–Trinajstić information content (AvgIpc) is 3.08. The highest BCUT2D eigenvalue weighted by Crippen LogP contribution is 2.69. The van der Waals surface area contributed by atoms with E-state index in [0.717, 1.165) is 23.7 Å². The summed E-state index contributed by atoms with van der Waals surface area (Å²) < 4.78 is 14.4. The van der Waals surface area contributed by atoms with E-state index in [1.54, 1.807) is 0 Å². The van der Waals surface area contributed by atoms with Crippen molar-refractivity contribution in [2.75, 3.05) is 0 Å². The number of benzene rings is 1. The fourth-order valence-corrected chi connectivity index (χ4v) is 5.70. The third kappa shape index (κ3) is 1.81. The first-order chi connectivity index (χ1) is 14.0. The first kappa shape index (κ1) is 17.7. The lowest BCUT2D eigenvalue weighted by molar-refractivity contribution is -0.360. The Hall–Kier alpha value is -3.34. The summed E-state index contributed by atoms with van der Waals surface area (Å²) in [5.74, 6) is -2.12. The Labute approximate surface area is 168 Å². The van der Waals surface area contributed by atoms with E-state index in [4.69, 9.17) is 14.9 Å². The van der Waals surface area contributed by atoms with Gasteiger partial charge in [-0.2, -0.15) is 15.8 Å². The van der Waals surface area contributed by atoms with E-state index in [1.165, 1.54) is 0 Å². The van der Waals surface area contributed by atoms with Crippen LogP contribution in [0.5, 0.6) is 0 Å². The number of rotatable bonds is 1. The number of hydrogen-bond donors (Lipinski definition) is 1. The minimum atomic E-state index is -1.83. The maximum Gasteiger partial charge on any atom is 0.218 e. The molecule has 6 rings (SSSR count). The molecule has 1 saturated carbocycles. The van der Waals surface area contributed by atoms with Crippen LogP contribution < -0.4 is 0 Å². The molecule has 7 nitrogen and oxygen atoms in total. The Morgan fingerprint density at radius 2 is 1.90 bits per heavy atom. The van der Waals surface area contributed by atoms with Crippen LogP contribution in [0.2, 0.25) is 0 Å². The maximum absolute atomic E-state index is 10.4. The van der Waals surface area contributed by atoms with Crippen LogP contribution in [0.15, 0.2) is 30.5 Å². The van der Waals surface area contributed by atoms with Crippen LogP contribution in [0, 0.1) is 56.2 Å². The topological polar surface area (TPSA) is 119 Å². The molecule has 0 unspecified atom stereocenters. The van der Waals surface area contributed by atoms with Crippen molar-refractivity contribution in [1.29, 1.82) is 21.2 Å². The summed E-state index contributed by atoms with van der Waals surface area (Å²) in [6.07, 6.45) is 3.63. The average molecular weight is 385 g/mol. The van der Waals surface area contributed by atoms with Crippen molar-refractivity contribution in [3.05, 3.63) is 36.0 Å². The van der Waals surface area contributed by atoms with Gasteiger partial charge < -0.3 is 14.0 Å². The molecule has 3 aliphatic heterocycles. The third-order valence-corrected chi connectivity index (χ3v) is 7.03. The molecule has 2 aromatic rings. The largest absolute Gasteiger partial charge is 0.447 e. The summed E-state index contributed by atoms with van der Waals surface area (Å²) in [5, 5.41) is 40.4. The van der Waals surface area contributed by atoms with Crippen LogP contribution in [0.4, 0.5) is 0 Å². The number of nitrogens with zero attached hydrogens (tertiary/aromatic N) is 4. The van der Waals surface area contributed by atoms with Gasteiger partial charge in [-0.3, -0.25) is 5.41 Å². The van der Waals surface area contributed by atoms with Gasteiger partial charge in [0.2, 0.25) is 11.7 Å². The van der Waals surface area contributed by atoms with E-state index in [1.807, 2.05) is 42.1 Å². The molecule has 4 fully saturated rings. The van der Waals surface area contributed by atoms with Crippen LogP contribution in [0.3, 0.4) is 0 Å². The van der Waals surface area contributed by atoms with Crippen LogP contribution in [0.1, 0.15) is 37.4 Å². The number of aryl methyl sites for hydroxylation is 1. The molecule has 4 atom stereocenters. The lowest BCUT2D eigenvalue weighted by atomic mass is 9.48. The number of para-hydroxylation sites is 1. The highest BCUT2D eigenvalue weighted by Gasteiger charge is 2.80. The van der Waals surface area contributed by atoms with Gasteiger partial charge in [-0.15, -0.1) is 0 Å². The second-order valence-electron chi connectivity index (χ2n) is 8.20. The van der Waals surface area contributed by atoms with E-state index in [9.17, 15) is 15.8 Å². The smallest absolute Gasteiger partial charge is 0.218 e. The Balaban J connectivity index is 1.84. The SMILES string of the molecule is Cn1cc([C@H]2O[C@@]34CCCC[C@@H]3C(C#N)(C#N)[C@@]2(C#N)C(=N)O4)c2ccccc21. The highest BCUT2D eigenvalue weighted by atomic mass is 16.7. The third-order valence-electron chi connectivity index (χ3n) is 7.03. The molecule has 7 heteroatoms. The predicted octanol–water partition coefficient (Wildman–Crippen LogP) is 3.69. The lowest BCUT2D eigenvalue weighted by Crippen LogP contribution is -2.73. The molecule has 0 radical (unpaired) electrons. The second kappa shape index (κ2) is 5.60. The summed E-state index contributed by atoms with van der Waals surface area (Å²) in [7, 11) is 1.90. The number of fused-ring (bicyclic) bond motifs is 3. The molecular formula is C22H19N5O2. The Bertz CT molecular complexity index is 1160. The van der Waals surface area contributed by atoms with Gasteiger partial charge in [0.05, 0.1) is 24.1 Å². The van der Waals surface area contributed by atoms with E-state index < -0.39 is 28.6 Å². The first-order valence-corrected chi connectivity index (χ1v) is 9.73. The Morgan fingerprint density at radius 3 is 2.62 bits per heavy atom. The quantitative estimate of drug-likeness (QED) is 0.803. The van der Waals surface area contributed by atoms with Crippen molar-refractivity contribution in [1.82, 2.24) is 4.57 Å². The van der Waals surface area contributed by atoms with Crippen molar-refractivity contribution >= 4 is 16.8 Å². The van der Waals surface area contributed by atoms with E-state index in [-0.39, 0.29) is 5.90 Å². The molecule has 1 aliphatic carbocycles.